The van der Waals surface area contributed by atoms with Crippen LogP contribution in [0.1, 0.15) is 17.3 Å². The van der Waals surface area contributed by atoms with Gasteiger partial charge in [0.05, 0.1) is 5.56 Å². The summed E-state index contributed by atoms with van der Waals surface area (Å²) in [6.07, 6.45) is 1.02. The molecule has 0 radical (unpaired) electrons. The highest BCUT2D eigenvalue weighted by Gasteiger charge is 2.17. The molecule has 0 bridgehead atoms. The number of carboxylic acids is 1. The smallest absolute Gasteiger partial charge is 0.337 e. The third-order valence-corrected chi connectivity index (χ3v) is 4.05. The van der Waals surface area contributed by atoms with E-state index in [1.807, 2.05) is 25.9 Å². The van der Waals surface area contributed by atoms with Crippen molar-refractivity contribution in [1.82, 2.24) is 14.6 Å². The maximum Gasteiger partial charge on any atom is 0.337 e. The first kappa shape index (κ1) is 15.5. The highest BCUT2D eigenvalue weighted by molar-refractivity contribution is 7.89. The predicted octanol–water partition coefficient (Wildman–Crippen LogP) is 0.00820. The lowest BCUT2D eigenvalue weighted by molar-refractivity contribution is 0.0696. The fourth-order valence-corrected chi connectivity index (χ4v) is 2.20. The van der Waals surface area contributed by atoms with Gasteiger partial charge in [0.15, 0.2) is 5.03 Å². The lowest BCUT2D eigenvalue weighted by Gasteiger charge is -2.19. The van der Waals surface area contributed by atoms with Gasteiger partial charge in [-0.3, -0.25) is 0 Å². The lowest BCUT2D eigenvalue weighted by Crippen LogP contribution is -2.38. The van der Waals surface area contributed by atoms with Crippen LogP contribution in [-0.4, -0.2) is 56.1 Å². The van der Waals surface area contributed by atoms with E-state index >= 15 is 0 Å². The first-order valence-electron chi connectivity index (χ1n) is 5.59. The number of aromatic nitrogens is 1. The molecule has 0 aliphatic heterocycles. The number of carboxylic acid groups (broad SMARTS) is 1. The van der Waals surface area contributed by atoms with E-state index in [2.05, 4.69) is 9.71 Å². The third kappa shape index (κ3) is 4.27. The Morgan fingerprint density at radius 3 is 2.53 bits per heavy atom. The van der Waals surface area contributed by atoms with Gasteiger partial charge < -0.3 is 10.0 Å². The van der Waals surface area contributed by atoms with Gasteiger partial charge in [0.25, 0.3) is 10.0 Å². The van der Waals surface area contributed by atoms with E-state index in [9.17, 15) is 13.2 Å². The second-order valence-electron chi connectivity index (χ2n) is 4.35. The van der Waals surface area contributed by atoms with Crippen LogP contribution in [0.25, 0.3) is 0 Å². The molecule has 0 saturated carbocycles. The highest BCUT2D eigenvalue weighted by Crippen LogP contribution is 2.07. The van der Waals surface area contributed by atoms with E-state index in [-0.39, 0.29) is 23.2 Å². The average Bonchev–Trinajstić information content (AvgIpc) is 2.36. The lowest BCUT2D eigenvalue weighted by atomic mass is 10.3. The van der Waals surface area contributed by atoms with E-state index in [1.165, 1.54) is 12.1 Å². The number of nitrogens with one attached hydrogen (secondary N) is 1. The van der Waals surface area contributed by atoms with Gasteiger partial charge >= 0.3 is 5.97 Å². The Morgan fingerprint density at radius 2 is 2.11 bits per heavy atom. The van der Waals surface area contributed by atoms with E-state index in [0.29, 0.717) is 0 Å². The Balaban J connectivity index is 2.80. The van der Waals surface area contributed by atoms with Crippen LogP contribution in [0.3, 0.4) is 0 Å². The van der Waals surface area contributed by atoms with Crippen LogP contribution in [0.2, 0.25) is 0 Å². The van der Waals surface area contributed by atoms with Crippen LogP contribution in [0, 0.1) is 0 Å². The molecule has 0 saturated heterocycles. The van der Waals surface area contributed by atoms with Gasteiger partial charge in [-0.15, -0.1) is 0 Å². The average molecular weight is 287 g/mol. The van der Waals surface area contributed by atoms with Crippen molar-refractivity contribution in [1.29, 1.82) is 0 Å². The monoisotopic (exact) mass is 287 g/mol. The molecule has 0 aliphatic rings. The summed E-state index contributed by atoms with van der Waals surface area (Å²) in [6.45, 7) is 2.13. The molecule has 1 heterocycles. The Bertz CT molecular complexity index is 540. The molecule has 106 valence electrons. The van der Waals surface area contributed by atoms with Crippen molar-refractivity contribution >= 4 is 16.0 Å². The van der Waals surface area contributed by atoms with Gasteiger partial charge in [-0.1, -0.05) is 0 Å². The van der Waals surface area contributed by atoms with Gasteiger partial charge in [0.1, 0.15) is 0 Å². The summed E-state index contributed by atoms with van der Waals surface area (Å²) in [6, 6.07) is 2.42. The molecule has 0 aromatic carbocycles. The van der Waals surface area contributed by atoms with Crippen molar-refractivity contribution in [3.05, 3.63) is 23.9 Å². The summed E-state index contributed by atoms with van der Waals surface area (Å²) < 4.78 is 26.2. The van der Waals surface area contributed by atoms with Gasteiger partial charge in [-0.05, 0) is 33.2 Å². The number of hydrogen-bond acceptors (Lipinski definition) is 5. The van der Waals surface area contributed by atoms with Gasteiger partial charge in [-0.2, -0.15) is 0 Å². The topological polar surface area (TPSA) is 99.6 Å². The molecular formula is C11H17N3O4S. The molecule has 1 aromatic rings. The Kier molecular flexibility index (Phi) is 4.98. The Hall–Kier alpha value is -1.51. The molecule has 19 heavy (non-hydrogen) atoms. The largest absolute Gasteiger partial charge is 0.478 e. The third-order valence-electron chi connectivity index (χ3n) is 2.71. The summed E-state index contributed by atoms with van der Waals surface area (Å²) in [5.41, 5.74) is -0.0550. The van der Waals surface area contributed by atoms with Crippen molar-refractivity contribution in [2.45, 2.75) is 18.0 Å². The Morgan fingerprint density at radius 1 is 1.47 bits per heavy atom. The molecule has 8 heteroatoms. The maximum atomic E-state index is 11.9. The SMILES string of the molecule is CC(CNS(=O)(=O)c1ccc(C(=O)O)cn1)N(C)C. The van der Waals surface area contributed by atoms with Crippen LogP contribution in [0.5, 0.6) is 0 Å². The van der Waals surface area contributed by atoms with Gasteiger partial charge in [-0.25, -0.2) is 22.9 Å². The van der Waals surface area contributed by atoms with E-state index in [1.54, 1.807) is 0 Å². The standard InChI is InChI=1S/C11H17N3O4S/c1-8(14(2)3)6-13-19(17,18)10-5-4-9(7-12-10)11(15)16/h4-5,7-8,13H,6H2,1-3H3,(H,15,16). The zero-order chi connectivity index (χ0) is 14.6. The first-order valence-corrected chi connectivity index (χ1v) is 7.08. The fourth-order valence-electron chi connectivity index (χ4n) is 1.15. The molecule has 0 amide bonds. The molecule has 2 N–H and O–H groups in total. The van der Waals surface area contributed by atoms with Gasteiger partial charge in [0.2, 0.25) is 0 Å². The number of pyridine rings is 1. The number of sulfonamides is 1. The summed E-state index contributed by atoms with van der Waals surface area (Å²) >= 11 is 0. The minimum absolute atomic E-state index is 0.0352. The van der Waals surface area contributed by atoms with Crippen LogP contribution in [0.15, 0.2) is 23.4 Å². The number of hydrogen-bond donors (Lipinski definition) is 2. The number of aromatic carboxylic acids is 1. The molecular weight excluding hydrogens is 270 g/mol. The first-order chi connectivity index (χ1) is 8.74. The number of rotatable bonds is 6. The van der Waals surface area contributed by atoms with Crippen LogP contribution in [-0.2, 0) is 10.0 Å². The zero-order valence-corrected chi connectivity index (χ0v) is 11.8. The molecule has 1 aromatic heterocycles. The van der Waals surface area contributed by atoms with Crippen molar-refractivity contribution in [3.8, 4) is 0 Å². The van der Waals surface area contributed by atoms with Crippen molar-refractivity contribution < 1.29 is 18.3 Å². The normalized spacial score (nSPS) is 13.5. The molecule has 0 aliphatic carbocycles. The van der Waals surface area contributed by atoms with Gasteiger partial charge in [0, 0.05) is 18.8 Å². The van der Waals surface area contributed by atoms with Crippen LogP contribution < -0.4 is 4.72 Å². The molecule has 1 atom stereocenters. The molecule has 1 rings (SSSR count). The summed E-state index contributed by atoms with van der Waals surface area (Å²) in [4.78, 5) is 16.2. The molecule has 0 spiro atoms. The van der Waals surface area contributed by atoms with Crippen molar-refractivity contribution in [3.63, 3.8) is 0 Å². The number of likely N-dealkylation sites (N-methyl/N-ethyl adjacent to an activating group) is 1. The number of nitrogens with zero attached hydrogens (tertiary/aromatic N) is 2. The van der Waals surface area contributed by atoms with Crippen LogP contribution >= 0.6 is 0 Å². The molecule has 0 fully saturated rings. The molecule has 7 nitrogen and oxygen atoms in total. The minimum atomic E-state index is -3.71. The van der Waals surface area contributed by atoms with E-state index in [4.69, 9.17) is 5.11 Å². The van der Waals surface area contributed by atoms with E-state index < -0.39 is 16.0 Å². The summed E-state index contributed by atoms with van der Waals surface area (Å²) in [7, 11) is -0.0198. The second-order valence-corrected chi connectivity index (χ2v) is 6.07. The fraction of sp³-hybridized carbons (Fsp3) is 0.455. The summed E-state index contributed by atoms with van der Waals surface area (Å²) in [5, 5.41) is 8.51. The zero-order valence-electron chi connectivity index (χ0n) is 11.0. The minimum Gasteiger partial charge on any atom is -0.478 e. The second kappa shape index (κ2) is 6.09. The van der Waals surface area contributed by atoms with Crippen molar-refractivity contribution in [2.24, 2.45) is 0 Å². The summed E-state index contributed by atoms with van der Waals surface area (Å²) in [5.74, 6) is -1.15. The molecule has 1 unspecified atom stereocenters. The van der Waals surface area contributed by atoms with Crippen LogP contribution in [0.4, 0.5) is 0 Å². The number of carbonyl (C=O) groups is 1. The Labute approximate surface area is 112 Å². The quantitative estimate of drug-likeness (QED) is 0.764. The van der Waals surface area contributed by atoms with E-state index in [0.717, 1.165) is 6.20 Å². The maximum absolute atomic E-state index is 11.9. The van der Waals surface area contributed by atoms with Crippen molar-refractivity contribution in [2.75, 3.05) is 20.6 Å². The highest BCUT2D eigenvalue weighted by atomic mass is 32.2. The predicted molar refractivity (Wildman–Crippen MR) is 69.5 cm³/mol.